The molecular formula is C14H19N3O2. The largest absolute Gasteiger partial charge is 0.465 e. The number of carbonyl (C=O) groups excluding carboxylic acids is 1. The molecule has 0 radical (unpaired) electrons. The minimum atomic E-state index is -0.220. The normalized spacial score (nSPS) is 10.7. The number of aromatic nitrogens is 2. The first-order chi connectivity index (χ1) is 9.02. The van der Waals surface area contributed by atoms with E-state index in [2.05, 4.69) is 4.98 Å². The van der Waals surface area contributed by atoms with E-state index in [1.807, 2.05) is 48.7 Å². The number of rotatable bonds is 4. The molecular weight excluding hydrogens is 242 g/mol. The average Bonchev–Trinajstić information content (AvgIpc) is 2.65. The number of hydrogen-bond donors (Lipinski definition) is 0. The maximum atomic E-state index is 11.5. The molecule has 1 aromatic heterocycles. The van der Waals surface area contributed by atoms with E-state index in [-0.39, 0.29) is 12.5 Å². The minimum absolute atomic E-state index is 0.220. The van der Waals surface area contributed by atoms with Crippen molar-refractivity contribution in [3.8, 4) is 0 Å². The summed E-state index contributed by atoms with van der Waals surface area (Å²) in [5.74, 6) is 0.752. The summed E-state index contributed by atoms with van der Waals surface area (Å²) in [6.45, 7) is 4.43. The van der Waals surface area contributed by atoms with Crippen LogP contribution < -0.4 is 4.90 Å². The lowest BCUT2D eigenvalue weighted by Gasteiger charge is -2.18. The number of hydrogen-bond acceptors (Lipinski definition) is 4. The first-order valence-corrected chi connectivity index (χ1v) is 6.32. The highest BCUT2D eigenvalue weighted by atomic mass is 16.5. The van der Waals surface area contributed by atoms with Gasteiger partial charge in [0.25, 0.3) is 0 Å². The monoisotopic (exact) mass is 261 g/mol. The molecule has 0 N–H and O–H groups in total. The van der Waals surface area contributed by atoms with Gasteiger partial charge in [0.05, 0.1) is 17.6 Å². The molecule has 0 bridgehead atoms. The van der Waals surface area contributed by atoms with Crippen molar-refractivity contribution in [2.75, 3.05) is 25.1 Å². The molecule has 0 unspecified atom stereocenters. The summed E-state index contributed by atoms with van der Waals surface area (Å²) in [6.07, 6.45) is 0. The van der Waals surface area contributed by atoms with Crippen LogP contribution in [-0.4, -0.2) is 35.7 Å². The topological polar surface area (TPSA) is 47.4 Å². The maximum absolute atomic E-state index is 11.5. The number of ether oxygens (including phenoxy) is 1. The zero-order valence-electron chi connectivity index (χ0n) is 11.8. The Bertz CT molecular complexity index is 604. The van der Waals surface area contributed by atoms with Crippen LogP contribution in [0.15, 0.2) is 18.2 Å². The van der Waals surface area contributed by atoms with E-state index >= 15 is 0 Å². The first kappa shape index (κ1) is 13.4. The Hall–Kier alpha value is -2.04. The zero-order valence-corrected chi connectivity index (χ0v) is 11.8. The second-order valence-corrected chi connectivity index (χ2v) is 4.55. The van der Waals surface area contributed by atoms with Gasteiger partial charge in [-0.2, -0.15) is 0 Å². The third-order valence-electron chi connectivity index (χ3n) is 3.20. The van der Waals surface area contributed by atoms with Gasteiger partial charge in [0.1, 0.15) is 12.4 Å². The molecule has 2 rings (SSSR count). The van der Waals surface area contributed by atoms with Crippen LogP contribution in [0, 0.1) is 6.92 Å². The predicted molar refractivity (Wildman–Crippen MR) is 75.4 cm³/mol. The van der Waals surface area contributed by atoms with Crippen LogP contribution in [0.5, 0.6) is 0 Å². The highest BCUT2D eigenvalue weighted by Gasteiger charge is 2.10. The number of benzene rings is 1. The molecule has 1 heterocycles. The molecule has 102 valence electrons. The van der Waals surface area contributed by atoms with Gasteiger partial charge in [-0.05, 0) is 32.0 Å². The molecule has 2 aromatic rings. The van der Waals surface area contributed by atoms with E-state index in [4.69, 9.17) is 4.74 Å². The van der Waals surface area contributed by atoms with Crippen molar-refractivity contribution in [2.24, 2.45) is 7.05 Å². The fourth-order valence-corrected chi connectivity index (χ4v) is 2.04. The Morgan fingerprint density at radius 2 is 2.21 bits per heavy atom. The van der Waals surface area contributed by atoms with Crippen LogP contribution in [0.1, 0.15) is 12.7 Å². The number of imidazole rings is 1. The van der Waals surface area contributed by atoms with Crippen molar-refractivity contribution in [1.82, 2.24) is 9.55 Å². The predicted octanol–water partition coefficient (Wildman–Crippen LogP) is 1.88. The number of carbonyl (C=O) groups is 1. The van der Waals surface area contributed by atoms with Gasteiger partial charge >= 0.3 is 5.97 Å². The summed E-state index contributed by atoms with van der Waals surface area (Å²) in [5, 5.41) is 0. The number of anilines is 1. The van der Waals surface area contributed by atoms with E-state index in [9.17, 15) is 4.79 Å². The molecule has 0 atom stereocenters. The summed E-state index contributed by atoms with van der Waals surface area (Å²) < 4.78 is 6.99. The lowest BCUT2D eigenvalue weighted by Crippen LogP contribution is -2.27. The third-order valence-corrected chi connectivity index (χ3v) is 3.20. The van der Waals surface area contributed by atoms with E-state index in [0.717, 1.165) is 22.5 Å². The molecule has 0 saturated heterocycles. The first-order valence-electron chi connectivity index (χ1n) is 6.32. The van der Waals surface area contributed by atoms with Gasteiger partial charge < -0.3 is 14.2 Å². The molecule has 5 heteroatoms. The van der Waals surface area contributed by atoms with Gasteiger partial charge in [-0.3, -0.25) is 4.79 Å². The molecule has 0 aliphatic heterocycles. The van der Waals surface area contributed by atoms with Gasteiger partial charge in [-0.1, -0.05) is 0 Å². The Morgan fingerprint density at radius 3 is 2.89 bits per heavy atom. The van der Waals surface area contributed by atoms with Crippen molar-refractivity contribution in [3.63, 3.8) is 0 Å². The molecule has 5 nitrogen and oxygen atoms in total. The number of nitrogens with zero attached hydrogens (tertiary/aromatic N) is 3. The minimum Gasteiger partial charge on any atom is -0.465 e. The van der Waals surface area contributed by atoms with Crippen molar-refractivity contribution >= 4 is 22.7 Å². The van der Waals surface area contributed by atoms with Gasteiger partial charge in [0.2, 0.25) is 0 Å². The van der Waals surface area contributed by atoms with Gasteiger partial charge in [-0.15, -0.1) is 0 Å². The Morgan fingerprint density at radius 1 is 1.47 bits per heavy atom. The van der Waals surface area contributed by atoms with Crippen LogP contribution >= 0.6 is 0 Å². The van der Waals surface area contributed by atoms with Crippen molar-refractivity contribution in [2.45, 2.75) is 13.8 Å². The maximum Gasteiger partial charge on any atom is 0.325 e. The van der Waals surface area contributed by atoms with E-state index in [0.29, 0.717) is 6.61 Å². The Labute approximate surface area is 112 Å². The van der Waals surface area contributed by atoms with Crippen LogP contribution in [0.2, 0.25) is 0 Å². The van der Waals surface area contributed by atoms with Crippen LogP contribution in [0.4, 0.5) is 5.69 Å². The van der Waals surface area contributed by atoms with E-state index in [1.165, 1.54) is 0 Å². The Kier molecular flexibility index (Phi) is 3.74. The summed E-state index contributed by atoms with van der Waals surface area (Å²) in [4.78, 5) is 17.8. The number of fused-ring (bicyclic) bond motifs is 1. The van der Waals surface area contributed by atoms with Crippen molar-refractivity contribution in [1.29, 1.82) is 0 Å². The fourth-order valence-electron chi connectivity index (χ4n) is 2.04. The lowest BCUT2D eigenvalue weighted by molar-refractivity contribution is -0.141. The fraction of sp³-hybridized carbons (Fsp3) is 0.429. The Balaban J connectivity index is 2.23. The SMILES string of the molecule is CCOC(=O)CN(C)c1ccc2c(c1)nc(C)n2C. The molecule has 0 saturated carbocycles. The smallest absolute Gasteiger partial charge is 0.325 e. The van der Waals surface area contributed by atoms with Crippen molar-refractivity contribution < 1.29 is 9.53 Å². The van der Waals surface area contributed by atoms with E-state index in [1.54, 1.807) is 6.92 Å². The zero-order chi connectivity index (χ0) is 14.0. The molecule has 0 aliphatic rings. The van der Waals surface area contributed by atoms with Gasteiger partial charge in [0, 0.05) is 19.8 Å². The molecule has 19 heavy (non-hydrogen) atoms. The summed E-state index contributed by atoms with van der Waals surface area (Å²) >= 11 is 0. The quantitative estimate of drug-likeness (QED) is 0.788. The lowest BCUT2D eigenvalue weighted by atomic mass is 10.2. The molecule has 0 amide bonds. The second kappa shape index (κ2) is 5.30. The van der Waals surface area contributed by atoms with Crippen LogP contribution in [-0.2, 0) is 16.6 Å². The van der Waals surface area contributed by atoms with Gasteiger partial charge in [-0.25, -0.2) is 4.98 Å². The molecule has 0 fully saturated rings. The van der Waals surface area contributed by atoms with Crippen LogP contribution in [0.3, 0.4) is 0 Å². The molecule has 0 aliphatic carbocycles. The van der Waals surface area contributed by atoms with Gasteiger partial charge in [0.15, 0.2) is 0 Å². The van der Waals surface area contributed by atoms with Crippen LogP contribution in [0.25, 0.3) is 11.0 Å². The standard InChI is InChI=1S/C14H19N3O2/c1-5-19-14(18)9-16(3)11-6-7-13-12(8-11)15-10(2)17(13)4/h6-8H,5,9H2,1-4H3. The number of aryl methyl sites for hydroxylation is 2. The summed E-state index contributed by atoms with van der Waals surface area (Å²) in [6, 6.07) is 6.00. The third kappa shape index (κ3) is 2.70. The average molecular weight is 261 g/mol. The summed E-state index contributed by atoms with van der Waals surface area (Å²) in [5.41, 5.74) is 2.98. The molecule has 0 spiro atoms. The number of esters is 1. The summed E-state index contributed by atoms with van der Waals surface area (Å²) in [7, 11) is 3.86. The highest BCUT2D eigenvalue weighted by molar-refractivity contribution is 5.82. The number of likely N-dealkylation sites (N-methyl/N-ethyl adjacent to an activating group) is 1. The molecule has 1 aromatic carbocycles. The second-order valence-electron chi connectivity index (χ2n) is 4.55. The highest BCUT2D eigenvalue weighted by Crippen LogP contribution is 2.21. The van der Waals surface area contributed by atoms with Crippen molar-refractivity contribution in [3.05, 3.63) is 24.0 Å². The van der Waals surface area contributed by atoms with E-state index < -0.39 is 0 Å².